The topological polar surface area (TPSA) is 12.0 Å². The summed E-state index contributed by atoms with van der Waals surface area (Å²) in [6, 6.07) is 0. The molecule has 1 aliphatic rings. The summed E-state index contributed by atoms with van der Waals surface area (Å²) in [4.78, 5) is 0. The minimum Gasteiger partial charge on any atom is -0.418 e. The van der Waals surface area contributed by atoms with Gasteiger partial charge in [0.1, 0.15) is 0 Å². The molecule has 0 aromatic rings. The van der Waals surface area contributed by atoms with E-state index in [4.69, 9.17) is 0 Å². The first kappa shape index (κ1) is 11.7. The van der Waals surface area contributed by atoms with Gasteiger partial charge in [-0.05, 0) is 18.4 Å². The predicted octanol–water partition coefficient (Wildman–Crippen LogP) is 2.31. The third kappa shape index (κ3) is 9.74. The number of hydrogen-bond acceptors (Lipinski definition) is 1. The fraction of sp³-hybridized carbons (Fsp3) is 1.00. The molecule has 0 atom stereocenters. The maximum atomic E-state index is 9.75. The van der Waals surface area contributed by atoms with Crippen molar-refractivity contribution < 1.29 is 17.3 Å². The standard InChI is InChI=1S/C6H13N.BF4/c1-6(2)3-4-7-5-6;2-1(3,4)5/h7H,3-5H2,1-2H3;/q;-1. The Hall–Kier alpha value is -0.255. The van der Waals surface area contributed by atoms with E-state index in [1.54, 1.807) is 0 Å². The Bertz CT molecular complexity index is 120. The summed E-state index contributed by atoms with van der Waals surface area (Å²) >= 11 is 0. The van der Waals surface area contributed by atoms with E-state index in [0.717, 1.165) is 0 Å². The Morgan fingerprint density at radius 2 is 1.58 bits per heavy atom. The largest absolute Gasteiger partial charge is 0.673 e. The first-order valence-corrected chi connectivity index (χ1v) is 3.79. The Balaban J connectivity index is 0.000000217. The molecule has 0 unspecified atom stereocenters. The van der Waals surface area contributed by atoms with E-state index in [9.17, 15) is 17.3 Å². The number of nitrogens with one attached hydrogen (secondary N) is 1. The SMILES string of the molecule is CC1(C)CCNC1.F[B-](F)(F)F. The van der Waals surface area contributed by atoms with Gasteiger partial charge in [0.15, 0.2) is 0 Å². The molecular weight excluding hydrogens is 173 g/mol. The van der Waals surface area contributed by atoms with Crippen LogP contribution < -0.4 is 5.32 Å². The van der Waals surface area contributed by atoms with Crippen LogP contribution in [-0.4, -0.2) is 20.3 Å². The van der Waals surface area contributed by atoms with Gasteiger partial charge < -0.3 is 22.6 Å². The van der Waals surface area contributed by atoms with Gasteiger partial charge >= 0.3 is 7.25 Å². The van der Waals surface area contributed by atoms with Crippen molar-refractivity contribution in [3.63, 3.8) is 0 Å². The van der Waals surface area contributed by atoms with Crippen molar-refractivity contribution in [1.82, 2.24) is 5.32 Å². The Morgan fingerprint density at radius 3 is 1.67 bits per heavy atom. The summed E-state index contributed by atoms with van der Waals surface area (Å²) in [5, 5.41) is 3.31. The molecule has 74 valence electrons. The monoisotopic (exact) mass is 186 g/mol. The van der Waals surface area contributed by atoms with Gasteiger partial charge in [-0.15, -0.1) is 0 Å². The Morgan fingerprint density at radius 1 is 1.17 bits per heavy atom. The predicted molar refractivity (Wildman–Crippen MR) is 41.5 cm³/mol. The first-order valence-electron chi connectivity index (χ1n) is 3.79. The van der Waals surface area contributed by atoms with Crippen LogP contribution in [0.4, 0.5) is 17.3 Å². The van der Waals surface area contributed by atoms with Gasteiger partial charge in [0.25, 0.3) is 0 Å². The molecule has 0 aromatic heterocycles. The molecule has 0 radical (unpaired) electrons. The third-order valence-electron chi connectivity index (χ3n) is 1.58. The van der Waals surface area contributed by atoms with Gasteiger partial charge in [-0.3, -0.25) is 0 Å². The highest BCUT2D eigenvalue weighted by Gasteiger charge is 2.21. The highest BCUT2D eigenvalue weighted by molar-refractivity contribution is 6.50. The van der Waals surface area contributed by atoms with Crippen molar-refractivity contribution in [3.05, 3.63) is 0 Å². The molecule has 1 saturated heterocycles. The van der Waals surface area contributed by atoms with Crippen molar-refractivity contribution >= 4 is 7.25 Å². The van der Waals surface area contributed by atoms with Crippen molar-refractivity contribution in [1.29, 1.82) is 0 Å². The third-order valence-corrected chi connectivity index (χ3v) is 1.58. The normalized spacial score (nSPS) is 21.5. The second-order valence-electron chi connectivity index (χ2n) is 3.59. The van der Waals surface area contributed by atoms with Crippen molar-refractivity contribution in [2.45, 2.75) is 20.3 Å². The van der Waals surface area contributed by atoms with E-state index in [1.165, 1.54) is 19.5 Å². The summed E-state index contributed by atoms with van der Waals surface area (Å²) < 4.78 is 39.0. The molecule has 1 fully saturated rings. The van der Waals surface area contributed by atoms with Gasteiger partial charge in [0.05, 0.1) is 0 Å². The lowest BCUT2D eigenvalue weighted by molar-refractivity contribution is 0.368. The maximum absolute atomic E-state index is 9.75. The van der Waals surface area contributed by atoms with Crippen LogP contribution in [0.25, 0.3) is 0 Å². The second-order valence-corrected chi connectivity index (χ2v) is 3.59. The van der Waals surface area contributed by atoms with Crippen LogP contribution >= 0.6 is 0 Å². The molecule has 0 aliphatic carbocycles. The molecule has 1 aliphatic heterocycles. The lowest BCUT2D eigenvalue weighted by Gasteiger charge is -2.12. The van der Waals surface area contributed by atoms with E-state index in [0.29, 0.717) is 5.41 Å². The lowest BCUT2D eigenvalue weighted by atomic mass is 9.93. The second kappa shape index (κ2) is 4.12. The van der Waals surface area contributed by atoms with Gasteiger partial charge in [0, 0.05) is 6.54 Å². The van der Waals surface area contributed by atoms with Crippen LogP contribution in [0.5, 0.6) is 0 Å². The molecule has 6 heteroatoms. The zero-order valence-corrected chi connectivity index (χ0v) is 7.21. The van der Waals surface area contributed by atoms with Crippen LogP contribution in [0.3, 0.4) is 0 Å². The zero-order chi connectivity index (χ0) is 9.83. The molecule has 0 aromatic carbocycles. The molecule has 12 heavy (non-hydrogen) atoms. The molecule has 0 saturated carbocycles. The number of halogens is 4. The minimum atomic E-state index is -6.00. The molecule has 1 heterocycles. The fourth-order valence-electron chi connectivity index (χ4n) is 0.942. The summed E-state index contributed by atoms with van der Waals surface area (Å²) in [5.41, 5.74) is 0.583. The van der Waals surface area contributed by atoms with E-state index >= 15 is 0 Å². The van der Waals surface area contributed by atoms with Crippen molar-refractivity contribution in [3.8, 4) is 0 Å². The molecule has 1 N–H and O–H groups in total. The van der Waals surface area contributed by atoms with Crippen molar-refractivity contribution in [2.24, 2.45) is 5.41 Å². The van der Waals surface area contributed by atoms with E-state index in [-0.39, 0.29) is 0 Å². The average molecular weight is 186 g/mol. The average Bonchev–Trinajstić information content (AvgIpc) is 2.08. The smallest absolute Gasteiger partial charge is 0.418 e. The summed E-state index contributed by atoms with van der Waals surface area (Å²) in [6.45, 7) is 7.01. The first-order chi connectivity index (χ1) is 5.21. The minimum absolute atomic E-state index is 0.583. The Kier molecular flexibility index (Phi) is 4.03. The molecule has 1 nitrogen and oxygen atoms in total. The quantitative estimate of drug-likeness (QED) is 0.452. The van der Waals surface area contributed by atoms with E-state index in [1.807, 2.05) is 0 Å². The summed E-state index contributed by atoms with van der Waals surface area (Å²) in [6.07, 6.45) is 1.34. The van der Waals surface area contributed by atoms with E-state index in [2.05, 4.69) is 19.2 Å². The van der Waals surface area contributed by atoms with Gasteiger partial charge in [0.2, 0.25) is 0 Å². The molecular formula is C6H13BF4N-. The van der Waals surface area contributed by atoms with Crippen molar-refractivity contribution in [2.75, 3.05) is 13.1 Å². The van der Waals surface area contributed by atoms with Crippen LogP contribution in [-0.2, 0) is 0 Å². The van der Waals surface area contributed by atoms with E-state index < -0.39 is 7.25 Å². The number of rotatable bonds is 0. The molecule has 0 amide bonds. The zero-order valence-electron chi connectivity index (χ0n) is 7.21. The van der Waals surface area contributed by atoms with Gasteiger partial charge in [-0.2, -0.15) is 0 Å². The molecule has 1 rings (SSSR count). The Labute approximate surface area is 69.6 Å². The lowest BCUT2D eigenvalue weighted by Crippen LogP contribution is -2.15. The summed E-state index contributed by atoms with van der Waals surface area (Å²) in [5.74, 6) is 0. The highest BCUT2D eigenvalue weighted by atomic mass is 19.5. The molecule has 0 spiro atoms. The van der Waals surface area contributed by atoms with Gasteiger partial charge in [-0.25, -0.2) is 0 Å². The maximum Gasteiger partial charge on any atom is 0.673 e. The number of hydrogen-bond donors (Lipinski definition) is 1. The van der Waals surface area contributed by atoms with Gasteiger partial charge in [-0.1, -0.05) is 13.8 Å². The van der Waals surface area contributed by atoms with Crippen LogP contribution in [0, 0.1) is 5.41 Å². The molecule has 0 bridgehead atoms. The fourth-order valence-corrected chi connectivity index (χ4v) is 0.942. The highest BCUT2D eigenvalue weighted by Crippen LogP contribution is 2.21. The van der Waals surface area contributed by atoms with Crippen LogP contribution in [0.2, 0.25) is 0 Å². The van der Waals surface area contributed by atoms with Crippen LogP contribution in [0.15, 0.2) is 0 Å². The summed E-state index contributed by atoms with van der Waals surface area (Å²) in [7, 11) is -6.00. The van der Waals surface area contributed by atoms with Crippen LogP contribution in [0.1, 0.15) is 20.3 Å².